The minimum Gasteiger partial charge on any atom is -0.326 e. The topological polar surface area (TPSA) is 64.9 Å². The molecule has 3 heteroatoms. The Morgan fingerprint density at radius 2 is 1.35 bits per heavy atom. The molecule has 0 amide bonds. The second-order valence-corrected chi connectivity index (χ2v) is 2.47. The van der Waals surface area contributed by atoms with Crippen LogP contribution in [-0.4, -0.2) is 4.98 Å². The summed E-state index contributed by atoms with van der Waals surface area (Å²) in [5.74, 6) is 0. The maximum absolute atomic E-state index is 5.48. The summed E-state index contributed by atoms with van der Waals surface area (Å²) < 4.78 is 0. The van der Waals surface area contributed by atoms with Crippen molar-refractivity contribution in [3.8, 4) is 0 Å². The maximum Gasteiger partial charge on any atom is 0.0587 e. The normalized spacial score (nSPS) is 7.59. The molecule has 0 unspecified atom stereocenters. The Bertz CT molecular complexity index is 247. The van der Waals surface area contributed by atoms with Gasteiger partial charge in [-0.15, -0.1) is 0 Å². The Balaban J connectivity index is -0.000000285. The summed E-state index contributed by atoms with van der Waals surface area (Å²) in [5, 5.41) is 0. The van der Waals surface area contributed by atoms with Crippen LogP contribution in [0.5, 0.6) is 0 Å². The Morgan fingerprint density at radius 3 is 1.71 bits per heavy atom. The summed E-state index contributed by atoms with van der Waals surface area (Å²) in [6.07, 6.45) is 0. The SMILES string of the molecule is CC.CC.CC.Cc1ccc(CN)c(CN)n1. The summed E-state index contributed by atoms with van der Waals surface area (Å²) in [6.45, 7) is 14.9. The molecule has 1 heterocycles. The van der Waals surface area contributed by atoms with Gasteiger partial charge in [0.2, 0.25) is 0 Å². The van der Waals surface area contributed by atoms with Crippen molar-refractivity contribution in [2.45, 2.75) is 61.6 Å². The van der Waals surface area contributed by atoms with Gasteiger partial charge in [-0.1, -0.05) is 47.6 Å². The largest absolute Gasteiger partial charge is 0.326 e. The molecule has 0 atom stereocenters. The van der Waals surface area contributed by atoms with Gasteiger partial charge in [-0.05, 0) is 18.6 Å². The second kappa shape index (κ2) is 17.5. The van der Waals surface area contributed by atoms with Gasteiger partial charge in [0.25, 0.3) is 0 Å². The lowest BCUT2D eigenvalue weighted by Gasteiger charge is -2.04. The lowest BCUT2D eigenvalue weighted by atomic mass is 10.2. The van der Waals surface area contributed by atoms with Crippen molar-refractivity contribution in [1.82, 2.24) is 4.98 Å². The van der Waals surface area contributed by atoms with E-state index >= 15 is 0 Å². The first-order valence-electron chi connectivity index (χ1n) is 6.63. The number of aromatic nitrogens is 1. The van der Waals surface area contributed by atoms with E-state index in [4.69, 9.17) is 11.5 Å². The molecule has 1 aromatic rings. The van der Waals surface area contributed by atoms with E-state index in [1.807, 2.05) is 60.6 Å². The Labute approximate surface area is 108 Å². The highest BCUT2D eigenvalue weighted by Crippen LogP contribution is 2.05. The van der Waals surface area contributed by atoms with Crippen molar-refractivity contribution in [3.63, 3.8) is 0 Å². The van der Waals surface area contributed by atoms with Gasteiger partial charge in [0.1, 0.15) is 0 Å². The average molecular weight is 241 g/mol. The number of rotatable bonds is 2. The first kappa shape index (κ1) is 21.4. The van der Waals surface area contributed by atoms with E-state index in [1.165, 1.54) is 0 Å². The van der Waals surface area contributed by atoms with Crippen molar-refractivity contribution in [2.75, 3.05) is 0 Å². The smallest absolute Gasteiger partial charge is 0.0587 e. The number of nitrogens with zero attached hydrogens (tertiary/aromatic N) is 1. The van der Waals surface area contributed by atoms with E-state index in [0.29, 0.717) is 13.1 Å². The number of hydrogen-bond donors (Lipinski definition) is 2. The zero-order valence-electron chi connectivity index (χ0n) is 12.7. The van der Waals surface area contributed by atoms with Crippen LogP contribution in [0.15, 0.2) is 12.1 Å². The number of pyridine rings is 1. The standard InChI is InChI=1S/C8H13N3.3C2H6/c1-6-2-3-7(4-9)8(5-10)11-6;3*1-2/h2-3H,4-5,9-10H2,1H3;3*1-2H3. The van der Waals surface area contributed by atoms with Crippen LogP contribution in [0.25, 0.3) is 0 Å². The molecule has 0 radical (unpaired) electrons. The van der Waals surface area contributed by atoms with Gasteiger partial charge in [0, 0.05) is 18.8 Å². The van der Waals surface area contributed by atoms with Crippen LogP contribution in [0.2, 0.25) is 0 Å². The van der Waals surface area contributed by atoms with Crippen molar-refractivity contribution < 1.29 is 0 Å². The summed E-state index contributed by atoms with van der Waals surface area (Å²) in [5.41, 5.74) is 13.9. The first-order valence-corrected chi connectivity index (χ1v) is 6.63. The highest BCUT2D eigenvalue weighted by Gasteiger charge is 1.99. The number of aryl methyl sites for hydroxylation is 1. The van der Waals surface area contributed by atoms with Crippen LogP contribution in [0.4, 0.5) is 0 Å². The predicted molar refractivity (Wildman–Crippen MR) is 78.8 cm³/mol. The zero-order chi connectivity index (χ0) is 14.3. The third-order valence-electron chi connectivity index (χ3n) is 1.62. The Hall–Kier alpha value is -0.930. The summed E-state index contributed by atoms with van der Waals surface area (Å²) in [6, 6.07) is 3.92. The van der Waals surface area contributed by atoms with Gasteiger partial charge in [-0.25, -0.2) is 0 Å². The van der Waals surface area contributed by atoms with Crippen LogP contribution in [0.3, 0.4) is 0 Å². The fourth-order valence-corrected chi connectivity index (χ4v) is 1.00. The van der Waals surface area contributed by atoms with E-state index in [0.717, 1.165) is 17.0 Å². The van der Waals surface area contributed by atoms with Gasteiger partial charge in [-0.2, -0.15) is 0 Å². The van der Waals surface area contributed by atoms with Crippen LogP contribution >= 0.6 is 0 Å². The van der Waals surface area contributed by atoms with E-state index in [1.54, 1.807) is 0 Å². The highest BCUT2D eigenvalue weighted by molar-refractivity contribution is 5.22. The molecule has 0 aliphatic rings. The predicted octanol–water partition coefficient (Wildman–Crippen LogP) is 3.39. The van der Waals surface area contributed by atoms with Gasteiger partial charge in [0.15, 0.2) is 0 Å². The van der Waals surface area contributed by atoms with Crippen molar-refractivity contribution in [1.29, 1.82) is 0 Å². The van der Waals surface area contributed by atoms with Crippen molar-refractivity contribution in [2.24, 2.45) is 11.5 Å². The molecule has 0 spiro atoms. The van der Waals surface area contributed by atoms with E-state index in [9.17, 15) is 0 Å². The van der Waals surface area contributed by atoms with Gasteiger partial charge >= 0.3 is 0 Å². The van der Waals surface area contributed by atoms with E-state index in [-0.39, 0.29) is 0 Å². The maximum atomic E-state index is 5.48. The minimum absolute atomic E-state index is 0.466. The molecule has 0 saturated heterocycles. The Morgan fingerprint density at radius 1 is 0.882 bits per heavy atom. The number of nitrogens with two attached hydrogens (primary N) is 2. The molecular weight excluding hydrogens is 210 g/mol. The van der Waals surface area contributed by atoms with Crippen LogP contribution in [0.1, 0.15) is 58.5 Å². The highest BCUT2D eigenvalue weighted by atomic mass is 14.8. The monoisotopic (exact) mass is 241 g/mol. The van der Waals surface area contributed by atoms with Crippen molar-refractivity contribution >= 4 is 0 Å². The van der Waals surface area contributed by atoms with E-state index in [2.05, 4.69) is 4.98 Å². The second-order valence-electron chi connectivity index (χ2n) is 2.47. The van der Waals surface area contributed by atoms with E-state index < -0.39 is 0 Å². The molecule has 0 aromatic carbocycles. The molecule has 0 bridgehead atoms. The average Bonchev–Trinajstić information content (AvgIpc) is 2.45. The molecule has 1 aromatic heterocycles. The zero-order valence-corrected chi connectivity index (χ0v) is 12.7. The third-order valence-corrected chi connectivity index (χ3v) is 1.62. The molecular formula is C14H31N3. The summed E-state index contributed by atoms with van der Waals surface area (Å²) in [7, 11) is 0. The van der Waals surface area contributed by atoms with Crippen LogP contribution in [-0.2, 0) is 13.1 Å². The lowest BCUT2D eigenvalue weighted by molar-refractivity contribution is 0.907. The molecule has 4 N–H and O–H groups in total. The molecule has 0 aliphatic heterocycles. The summed E-state index contributed by atoms with van der Waals surface area (Å²) >= 11 is 0. The molecule has 102 valence electrons. The molecule has 17 heavy (non-hydrogen) atoms. The van der Waals surface area contributed by atoms with Crippen LogP contribution in [0, 0.1) is 6.92 Å². The van der Waals surface area contributed by atoms with Gasteiger partial charge < -0.3 is 11.5 Å². The fraction of sp³-hybridized carbons (Fsp3) is 0.643. The Kier molecular flexibility index (Phi) is 21.9. The van der Waals surface area contributed by atoms with Gasteiger partial charge in [0.05, 0.1) is 5.69 Å². The molecule has 0 saturated carbocycles. The third kappa shape index (κ3) is 9.97. The summed E-state index contributed by atoms with van der Waals surface area (Å²) in [4.78, 5) is 4.26. The molecule has 3 nitrogen and oxygen atoms in total. The van der Waals surface area contributed by atoms with Gasteiger partial charge in [-0.3, -0.25) is 4.98 Å². The fourth-order valence-electron chi connectivity index (χ4n) is 1.00. The lowest BCUT2D eigenvalue weighted by Crippen LogP contribution is -2.08. The molecule has 1 rings (SSSR count). The number of hydrogen-bond acceptors (Lipinski definition) is 3. The van der Waals surface area contributed by atoms with Crippen LogP contribution < -0.4 is 11.5 Å². The minimum atomic E-state index is 0.466. The molecule has 0 aliphatic carbocycles. The van der Waals surface area contributed by atoms with Crippen molar-refractivity contribution in [3.05, 3.63) is 29.1 Å². The quantitative estimate of drug-likeness (QED) is 0.834. The molecule has 0 fully saturated rings. The first-order chi connectivity index (χ1) is 8.27.